The second-order valence-corrected chi connectivity index (χ2v) is 5.93. The topological polar surface area (TPSA) is 69.7 Å². The molecule has 1 N–H and O–H groups in total. The number of hydroxylamine groups is 1. The van der Waals surface area contributed by atoms with Crippen LogP contribution in [-0.4, -0.2) is 23.6 Å². The minimum atomic E-state index is -4.46. The molecule has 0 saturated heterocycles. The lowest BCUT2D eigenvalue weighted by molar-refractivity contribution is -0.139. The summed E-state index contributed by atoms with van der Waals surface area (Å²) < 4.78 is 48.4. The average molecular weight is 396 g/mol. The van der Waals surface area contributed by atoms with E-state index in [4.69, 9.17) is 14.3 Å². The summed E-state index contributed by atoms with van der Waals surface area (Å²) in [5.74, 6) is 0.302. The molecule has 1 aromatic heterocycles. The Kier molecular flexibility index (Phi) is 7.00. The van der Waals surface area contributed by atoms with Crippen LogP contribution in [0.4, 0.5) is 13.2 Å². The van der Waals surface area contributed by atoms with Crippen LogP contribution in [0.3, 0.4) is 0 Å². The van der Waals surface area contributed by atoms with Crippen molar-refractivity contribution in [2.75, 3.05) is 6.61 Å². The number of hydrogen-bond acceptors (Lipinski definition) is 5. The first-order valence-electron chi connectivity index (χ1n) is 8.19. The summed E-state index contributed by atoms with van der Waals surface area (Å²) in [5.41, 5.74) is 2.15. The molecular formula is C19H19F3N2O4. The van der Waals surface area contributed by atoms with E-state index in [1.807, 2.05) is 0 Å². The molecule has 0 aliphatic heterocycles. The lowest BCUT2D eigenvalue weighted by Crippen LogP contribution is -2.36. The van der Waals surface area contributed by atoms with E-state index < -0.39 is 23.8 Å². The van der Waals surface area contributed by atoms with E-state index in [0.717, 1.165) is 17.7 Å². The second kappa shape index (κ2) is 9.23. The number of carbonyl (C=O) groups is 1. The summed E-state index contributed by atoms with van der Waals surface area (Å²) in [6.45, 7) is 7.15. The molecule has 0 aliphatic carbocycles. The molecule has 0 fully saturated rings. The van der Waals surface area contributed by atoms with E-state index in [1.54, 1.807) is 26.0 Å². The third-order valence-corrected chi connectivity index (χ3v) is 3.28. The van der Waals surface area contributed by atoms with Crippen LogP contribution in [-0.2, 0) is 15.8 Å². The van der Waals surface area contributed by atoms with Crippen molar-refractivity contribution in [1.82, 2.24) is 10.5 Å². The highest BCUT2D eigenvalue weighted by Crippen LogP contribution is 2.30. The third kappa shape index (κ3) is 6.58. The van der Waals surface area contributed by atoms with Crippen LogP contribution < -0.4 is 15.0 Å². The van der Waals surface area contributed by atoms with Crippen molar-refractivity contribution in [2.45, 2.75) is 26.1 Å². The molecule has 6 nitrogen and oxygen atoms in total. The summed E-state index contributed by atoms with van der Waals surface area (Å²) in [5, 5.41) is 0. The van der Waals surface area contributed by atoms with Gasteiger partial charge in [0.05, 0.1) is 12.2 Å². The molecule has 0 radical (unpaired) electrons. The third-order valence-electron chi connectivity index (χ3n) is 3.28. The van der Waals surface area contributed by atoms with E-state index in [0.29, 0.717) is 17.7 Å². The number of benzene rings is 1. The standard InChI is InChI=1S/C19H19F3N2O4/c1-12(2)11-26-24-18(25)13(3)27-15-5-7-16(8-6-15)28-17-9-4-14(10-23-17)19(20,21)22/h4-10,13H,1,11H2,2-3H3,(H,24,25)/t13-/m1/s1. The molecule has 1 aromatic carbocycles. The molecule has 9 heteroatoms. The number of halogens is 3. The van der Waals surface area contributed by atoms with Gasteiger partial charge in [-0.1, -0.05) is 12.2 Å². The van der Waals surface area contributed by atoms with Crippen molar-refractivity contribution in [3.8, 4) is 17.4 Å². The molecule has 0 unspecified atom stereocenters. The van der Waals surface area contributed by atoms with Gasteiger partial charge < -0.3 is 9.47 Å². The Morgan fingerprint density at radius 3 is 2.36 bits per heavy atom. The van der Waals surface area contributed by atoms with Crippen molar-refractivity contribution in [3.63, 3.8) is 0 Å². The first-order valence-corrected chi connectivity index (χ1v) is 8.19. The number of nitrogens with one attached hydrogen (secondary N) is 1. The lowest BCUT2D eigenvalue weighted by atomic mass is 10.3. The number of amides is 1. The van der Waals surface area contributed by atoms with E-state index in [1.165, 1.54) is 12.1 Å². The number of alkyl halides is 3. The van der Waals surface area contributed by atoms with Crippen molar-refractivity contribution >= 4 is 5.91 Å². The Bertz CT molecular complexity index is 805. The maximum Gasteiger partial charge on any atom is 0.417 e. The maximum absolute atomic E-state index is 12.5. The van der Waals surface area contributed by atoms with E-state index in [9.17, 15) is 18.0 Å². The van der Waals surface area contributed by atoms with Gasteiger partial charge >= 0.3 is 6.18 Å². The smallest absolute Gasteiger partial charge is 0.417 e. The average Bonchev–Trinajstić information content (AvgIpc) is 2.62. The normalized spacial score (nSPS) is 12.2. The van der Waals surface area contributed by atoms with Gasteiger partial charge in [0.2, 0.25) is 5.88 Å². The minimum Gasteiger partial charge on any atom is -0.481 e. The van der Waals surface area contributed by atoms with Crippen LogP contribution in [0.15, 0.2) is 54.7 Å². The molecule has 0 aliphatic rings. The summed E-state index contributed by atoms with van der Waals surface area (Å²) >= 11 is 0. The van der Waals surface area contributed by atoms with Crippen LogP contribution in [0.25, 0.3) is 0 Å². The number of rotatable bonds is 8. The largest absolute Gasteiger partial charge is 0.481 e. The van der Waals surface area contributed by atoms with E-state index >= 15 is 0 Å². The first-order chi connectivity index (χ1) is 13.1. The van der Waals surface area contributed by atoms with E-state index in [-0.39, 0.29) is 12.5 Å². The second-order valence-electron chi connectivity index (χ2n) is 5.93. The molecular weight excluding hydrogens is 377 g/mol. The summed E-state index contributed by atoms with van der Waals surface area (Å²) in [7, 11) is 0. The number of hydrogen-bond donors (Lipinski definition) is 1. The molecule has 0 bridgehead atoms. The van der Waals surface area contributed by atoms with Crippen LogP contribution in [0, 0.1) is 0 Å². The summed E-state index contributed by atoms with van der Waals surface area (Å²) in [4.78, 5) is 20.4. The zero-order valence-corrected chi connectivity index (χ0v) is 15.2. The van der Waals surface area contributed by atoms with Gasteiger partial charge in [-0.15, -0.1) is 0 Å². The predicted molar refractivity (Wildman–Crippen MR) is 94.8 cm³/mol. The van der Waals surface area contributed by atoms with Crippen molar-refractivity contribution in [3.05, 3.63) is 60.3 Å². The minimum absolute atomic E-state index is 0.0177. The number of nitrogens with zero attached hydrogens (tertiary/aromatic N) is 1. The number of carbonyl (C=O) groups excluding carboxylic acids is 1. The fraction of sp³-hybridized carbons (Fsp3) is 0.263. The quantitative estimate of drug-likeness (QED) is 0.533. The van der Waals surface area contributed by atoms with Crippen LogP contribution in [0.5, 0.6) is 17.4 Å². The Morgan fingerprint density at radius 1 is 1.18 bits per heavy atom. The van der Waals surface area contributed by atoms with Crippen molar-refractivity contribution < 1.29 is 32.3 Å². The van der Waals surface area contributed by atoms with Crippen molar-refractivity contribution in [2.24, 2.45) is 0 Å². The molecule has 1 heterocycles. The highest BCUT2D eigenvalue weighted by molar-refractivity contribution is 5.79. The molecule has 150 valence electrons. The van der Waals surface area contributed by atoms with Crippen LogP contribution in [0.1, 0.15) is 19.4 Å². The zero-order chi connectivity index (χ0) is 20.7. The summed E-state index contributed by atoms with van der Waals surface area (Å²) in [6.07, 6.45) is -4.57. The fourth-order valence-corrected chi connectivity index (χ4v) is 1.89. The van der Waals surface area contributed by atoms with Gasteiger partial charge in [0.25, 0.3) is 5.91 Å². The molecule has 2 rings (SSSR count). The first kappa shape index (κ1) is 21.2. The number of aromatic nitrogens is 1. The SMILES string of the molecule is C=C(C)CONC(=O)[C@@H](C)Oc1ccc(Oc2ccc(C(F)(F)F)cn2)cc1. The predicted octanol–water partition coefficient (Wildman–Crippen LogP) is 4.28. The highest BCUT2D eigenvalue weighted by Gasteiger charge is 2.30. The lowest BCUT2D eigenvalue weighted by Gasteiger charge is -2.15. The van der Waals surface area contributed by atoms with Gasteiger partial charge in [-0.2, -0.15) is 13.2 Å². The molecule has 1 amide bonds. The highest BCUT2D eigenvalue weighted by atomic mass is 19.4. The molecule has 0 saturated carbocycles. The van der Waals surface area contributed by atoms with Gasteiger partial charge in [0.15, 0.2) is 6.10 Å². The van der Waals surface area contributed by atoms with Gasteiger partial charge in [-0.05, 0) is 44.2 Å². The van der Waals surface area contributed by atoms with Crippen LogP contribution in [0.2, 0.25) is 0 Å². The fourth-order valence-electron chi connectivity index (χ4n) is 1.89. The van der Waals surface area contributed by atoms with Gasteiger partial charge in [-0.25, -0.2) is 10.5 Å². The Balaban J connectivity index is 1.89. The van der Waals surface area contributed by atoms with E-state index in [2.05, 4.69) is 17.0 Å². The van der Waals surface area contributed by atoms with Crippen LogP contribution >= 0.6 is 0 Å². The van der Waals surface area contributed by atoms with Gasteiger partial charge in [-0.3, -0.25) is 9.63 Å². The van der Waals surface area contributed by atoms with Gasteiger partial charge in [0, 0.05) is 12.3 Å². The molecule has 1 atom stereocenters. The molecule has 0 spiro atoms. The maximum atomic E-state index is 12.5. The van der Waals surface area contributed by atoms with Gasteiger partial charge in [0.1, 0.15) is 11.5 Å². The Hall–Kier alpha value is -3.07. The number of ether oxygens (including phenoxy) is 2. The zero-order valence-electron chi connectivity index (χ0n) is 15.2. The monoisotopic (exact) mass is 396 g/mol. The molecule has 2 aromatic rings. The Morgan fingerprint density at radius 2 is 1.82 bits per heavy atom. The summed E-state index contributed by atoms with van der Waals surface area (Å²) in [6, 6.07) is 8.20. The number of pyridine rings is 1. The molecule has 28 heavy (non-hydrogen) atoms. The Labute approximate surface area is 159 Å². The van der Waals surface area contributed by atoms with Crippen molar-refractivity contribution in [1.29, 1.82) is 0 Å².